The molecule has 0 aliphatic heterocycles. The molecule has 3 aliphatic carbocycles. The summed E-state index contributed by atoms with van der Waals surface area (Å²) in [6, 6.07) is 12.7. The maximum atomic E-state index is 10.4. The summed E-state index contributed by atoms with van der Waals surface area (Å²) in [7, 11) is 0. The number of nitrogens with zero attached hydrogens (tertiary/aromatic N) is 1. The lowest BCUT2D eigenvalue weighted by Gasteiger charge is -2.26. The van der Waals surface area contributed by atoms with Crippen LogP contribution in [0, 0.1) is 5.92 Å². The van der Waals surface area contributed by atoms with Crippen molar-refractivity contribution in [2.75, 3.05) is 0 Å². The van der Waals surface area contributed by atoms with Crippen LogP contribution in [0.15, 0.2) is 109 Å². The second-order valence-electron chi connectivity index (χ2n) is 9.05. The summed E-state index contributed by atoms with van der Waals surface area (Å²) in [6.45, 7) is 4.41. The van der Waals surface area contributed by atoms with Crippen molar-refractivity contribution in [2.24, 2.45) is 5.92 Å². The first-order valence-corrected chi connectivity index (χ1v) is 11.9. The number of fused-ring (bicyclic) bond motifs is 3. The molecule has 0 fully saturated rings. The quantitative estimate of drug-likeness (QED) is 0.408. The first kappa shape index (κ1) is 20.5. The van der Waals surface area contributed by atoms with Gasteiger partial charge in [0, 0.05) is 35.0 Å². The van der Waals surface area contributed by atoms with E-state index in [1.165, 1.54) is 22.3 Å². The second-order valence-corrected chi connectivity index (χ2v) is 9.05. The van der Waals surface area contributed by atoms with E-state index >= 15 is 0 Å². The van der Waals surface area contributed by atoms with Crippen molar-refractivity contribution in [2.45, 2.75) is 25.3 Å². The highest BCUT2D eigenvalue weighted by atomic mass is 16.3. The van der Waals surface area contributed by atoms with Gasteiger partial charge in [0.2, 0.25) is 0 Å². The number of nitrogens with one attached hydrogen (secondary N) is 2. The van der Waals surface area contributed by atoms with Crippen molar-refractivity contribution < 1.29 is 5.11 Å². The third kappa shape index (κ3) is 3.43. The van der Waals surface area contributed by atoms with Crippen LogP contribution in [0.4, 0.5) is 0 Å². The molecule has 0 spiro atoms. The van der Waals surface area contributed by atoms with Gasteiger partial charge in [-0.2, -0.15) is 0 Å². The van der Waals surface area contributed by atoms with Crippen molar-refractivity contribution >= 4 is 22.3 Å². The molecule has 2 atom stereocenters. The molecule has 3 aliphatic rings. The highest BCUT2D eigenvalue weighted by Gasteiger charge is 2.36. The number of pyridine rings is 1. The molecular formula is C30H27N3O. The van der Waals surface area contributed by atoms with Crippen LogP contribution in [0.2, 0.25) is 0 Å². The van der Waals surface area contributed by atoms with Crippen molar-refractivity contribution in [1.29, 1.82) is 0 Å². The van der Waals surface area contributed by atoms with Gasteiger partial charge < -0.3 is 15.4 Å². The molecule has 0 bridgehead atoms. The molecule has 34 heavy (non-hydrogen) atoms. The lowest BCUT2D eigenvalue weighted by molar-refractivity contribution is 0.428. The number of aliphatic hydroxyl groups excluding tert-OH is 1. The van der Waals surface area contributed by atoms with E-state index in [0.29, 0.717) is 5.76 Å². The molecule has 1 aromatic carbocycles. The smallest absolute Gasteiger partial charge is 0.137 e. The Labute approximate surface area is 199 Å². The highest BCUT2D eigenvalue weighted by molar-refractivity contribution is 5.90. The van der Waals surface area contributed by atoms with Crippen molar-refractivity contribution in [3.63, 3.8) is 0 Å². The van der Waals surface area contributed by atoms with Gasteiger partial charge in [-0.25, -0.2) is 4.98 Å². The van der Waals surface area contributed by atoms with Crippen LogP contribution in [0.3, 0.4) is 0 Å². The van der Waals surface area contributed by atoms with Crippen LogP contribution in [0.1, 0.15) is 42.0 Å². The zero-order valence-corrected chi connectivity index (χ0v) is 19.0. The molecule has 0 amide bonds. The molecule has 2 unspecified atom stereocenters. The lowest BCUT2D eigenvalue weighted by Crippen LogP contribution is -2.20. The molecule has 2 aromatic heterocycles. The van der Waals surface area contributed by atoms with Gasteiger partial charge in [-0.05, 0) is 71.4 Å². The molecule has 0 radical (unpaired) electrons. The molecule has 0 saturated carbocycles. The first-order chi connectivity index (χ1) is 16.7. The Bertz CT molecular complexity index is 1450. The van der Waals surface area contributed by atoms with E-state index in [9.17, 15) is 5.11 Å². The van der Waals surface area contributed by atoms with Gasteiger partial charge in [-0.1, -0.05) is 55.1 Å². The number of H-pyrrole nitrogens is 1. The van der Waals surface area contributed by atoms with Crippen molar-refractivity contribution in [3.05, 3.63) is 125 Å². The summed E-state index contributed by atoms with van der Waals surface area (Å²) in [5, 5.41) is 15.2. The van der Waals surface area contributed by atoms with E-state index in [0.717, 1.165) is 47.1 Å². The number of aliphatic hydroxyl groups is 1. The van der Waals surface area contributed by atoms with E-state index in [2.05, 4.69) is 70.4 Å². The van der Waals surface area contributed by atoms with Crippen LogP contribution >= 0.6 is 0 Å². The number of aromatic nitrogens is 2. The largest absolute Gasteiger partial charge is 0.508 e. The van der Waals surface area contributed by atoms with Crippen molar-refractivity contribution in [1.82, 2.24) is 15.3 Å². The number of allylic oxidation sites excluding steroid dienone is 7. The first-order valence-electron chi connectivity index (χ1n) is 11.9. The number of hydrogen-bond acceptors (Lipinski definition) is 3. The fourth-order valence-electron chi connectivity index (χ4n) is 5.47. The minimum absolute atomic E-state index is 0.0159. The van der Waals surface area contributed by atoms with Gasteiger partial charge in [0.15, 0.2) is 0 Å². The van der Waals surface area contributed by atoms with E-state index in [-0.39, 0.29) is 12.0 Å². The topological polar surface area (TPSA) is 60.9 Å². The fourth-order valence-corrected chi connectivity index (χ4v) is 5.47. The molecule has 3 aromatic rings. The Morgan fingerprint density at radius 2 is 2.00 bits per heavy atom. The summed E-state index contributed by atoms with van der Waals surface area (Å²) in [4.78, 5) is 7.60. The van der Waals surface area contributed by atoms with Crippen LogP contribution < -0.4 is 5.32 Å². The van der Waals surface area contributed by atoms with Gasteiger partial charge in [-0.3, -0.25) is 0 Å². The molecule has 3 N–H and O–H groups in total. The summed E-state index contributed by atoms with van der Waals surface area (Å²) in [5.74, 6) is 0.557. The average Bonchev–Trinajstić information content (AvgIpc) is 3.44. The molecule has 6 rings (SSSR count). The summed E-state index contributed by atoms with van der Waals surface area (Å²) in [5.41, 5.74) is 9.10. The minimum Gasteiger partial charge on any atom is -0.508 e. The standard InChI is InChI=1S/C30H27N3O/c1-19(22-14-16-31-30-26(22)15-17-32-30)33-29-25-11-6-5-10-24(25)28-23(12-7-13-27(28)29)20-8-3-2-4-9-21(34)18-20/h3,5-11,13-18,23,29,33-34H,1-2,4,12H2,(H,31,32)/b8-3+,20-18+,21-9+. The third-order valence-electron chi connectivity index (χ3n) is 7.02. The zero-order chi connectivity index (χ0) is 23.1. The Balaban J connectivity index is 1.42. The number of rotatable bonds is 4. The molecular weight excluding hydrogens is 418 g/mol. The predicted molar refractivity (Wildman–Crippen MR) is 139 cm³/mol. The van der Waals surface area contributed by atoms with Crippen LogP contribution in [-0.4, -0.2) is 15.1 Å². The maximum absolute atomic E-state index is 10.4. The average molecular weight is 446 g/mol. The Morgan fingerprint density at radius 1 is 1.09 bits per heavy atom. The summed E-state index contributed by atoms with van der Waals surface area (Å²) >= 11 is 0. The van der Waals surface area contributed by atoms with Gasteiger partial charge in [0.1, 0.15) is 11.4 Å². The zero-order valence-electron chi connectivity index (χ0n) is 19.0. The minimum atomic E-state index is 0.0159. The fraction of sp³-hybridized carbons (Fsp3) is 0.167. The van der Waals surface area contributed by atoms with Gasteiger partial charge in [0.05, 0.1) is 6.04 Å². The number of benzene rings is 1. The normalized spacial score (nSPS) is 25.4. The van der Waals surface area contributed by atoms with E-state index in [4.69, 9.17) is 0 Å². The van der Waals surface area contributed by atoms with E-state index in [1.807, 2.05) is 36.7 Å². The third-order valence-corrected chi connectivity index (χ3v) is 7.02. The maximum Gasteiger partial charge on any atom is 0.137 e. The van der Waals surface area contributed by atoms with Gasteiger partial charge in [0.25, 0.3) is 0 Å². The Kier molecular flexibility index (Phi) is 5.06. The van der Waals surface area contributed by atoms with E-state index in [1.54, 1.807) is 0 Å². The van der Waals surface area contributed by atoms with Crippen molar-refractivity contribution in [3.8, 4) is 0 Å². The number of hydrogen-bond donors (Lipinski definition) is 3. The predicted octanol–water partition coefficient (Wildman–Crippen LogP) is 6.93. The molecule has 2 heterocycles. The van der Waals surface area contributed by atoms with Crippen LogP contribution in [-0.2, 0) is 0 Å². The van der Waals surface area contributed by atoms with Gasteiger partial charge in [-0.15, -0.1) is 0 Å². The van der Waals surface area contributed by atoms with Crippen LogP contribution in [0.5, 0.6) is 0 Å². The van der Waals surface area contributed by atoms with Crippen LogP contribution in [0.25, 0.3) is 22.3 Å². The molecule has 4 heteroatoms. The molecule has 4 nitrogen and oxygen atoms in total. The second kappa shape index (κ2) is 8.38. The summed E-state index contributed by atoms with van der Waals surface area (Å²) in [6.07, 6.45) is 19.2. The lowest BCUT2D eigenvalue weighted by atomic mass is 9.80. The Hall–Kier alpha value is -4.05. The summed E-state index contributed by atoms with van der Waals surface area (Å²) < 4.78 is 0. The SMILES string of the molecule is C=C(NC1C2=C(c3ccccc31)C(C1=C/C(O)=C\CC\C=C\1)CC=C2)c1ccnc2[nH]ccc12. The monoisotopic (exact) mass is 445 g/mol. The van der Waals surface area contributed by atoms with E-state index < -0.39 is 0 Å². The Morgan fingerprint density at radius 3 is 2.94 bits per heavy atom. The highest BCUT2D eigenvalue weighted by Crippen LogP contribution is 2.50. The molecule has 168 valence electrons. The molecule has 0 saturated heterocycles. The number of aromatic amines is 1. The van der Waals surface area contributed by atoms with Gasteiger partial charge >= 0.3 is 0 Å².